The Hall–Kier alpha value is -1.82. The zero-order chi connectivity index (χ0) is 14.0. The SMILES string of the molecule is Cc1cc(C)c(C(=O)N2CCO[C@H](CC(=O)O)C2)o1. The third-order valence-electron chi connectivity index (χ3n) is 3.06. The van der Waals surface area contributed by atoms with Gasteiger partial charge in [-0.2, -0.15) is 0 Å². The molecule has 19 heavy (non-hydrogen) atoms. The number of carbonyl (C=O) groups is 2. The molecule has 0 aliphatic carbocycles. The average Bonchev–Trinajstić information content (AvgIpc) is 2.67. The van der Waals surface area contributed by atoms with Gasteiger partial charge >= 0.3 is 5.97 Å². The van der Waals surface area contributed by atoms with Gasteiger partial charge in [0, 0.05) is 18.7 Å². The molecule has 1 aliphatic heterocycles. The normalized spacial score (nSPS) is 19.5. The fourth-order valence-corrected chi connectivity index (χ4v) is 2.22. The summed E-state index contributed by atoms with van der Waals surface area (Å²) < 4.78 is 10.7. The number of nitrogens with zero attached hydrogens (tertiary/aromatic N) is 1. The largest absolute Gasteiger partial charge is 0.481 e. The monoisotopic (exact) mass is 267 g/mol. The van der Waals surface area contributed by atoms with Crippen LogP contribution in [0.3, 0.4) is 0 Å². The molecule has 0 saturated carbocycles. The molecule has 1 atom stereocenters. The van der Waals surface area contributed by atoms with Gasteiger partial charge in [0.25, 0.3) is 5.91 Å². The molecule has 104 valence electrons. The second-order valence-electron chi connectivity index (χ2n) is 4.71. The van der Waals surface area contributed by atoms with E-state index in [1.807, 2.05) is 13.0 Å². The zero-order valence-electron chi connectivity index (χ0n) is 11.0. The van der Waals surface area contributed by atoms with E-state index in [-0.39, 0.29) is 18.9 Å². The molecule has 1 fully saturated rings. The maximum atomic E-state index is 12.3. The highest BCUT2D eigenvalue weighted by atomic mass is 16.5. The van der Waals surface area contributed by atoms with Crippen LogP contribution in [0.4, 0.5) is 0 Å². The summed E-state index contributed by atoms with van der Waals surface area (Å²) >= 11 is 0. The van der Waals surface area contributed by atoms with E-state index in [9.17, 15) is 9.59 Å². The first-order chi connectivity index (χ1) is 8.97. The summed E-state index contributed by atoms with van der Waals surface area (Å²) in [6, 6.07) is 1.81. The molecule has 1 aromatic heterocycles. The first-order valence-electron chi connectivity index (χ1n) is 6.17. The van der Waals surface area contributed by atoms with Crippen LogP contribution >= 0.6 is 0 Å². The topological polar surface area (TPSA) is 80.0 Å². The summed E-state index contributed by atoms with van der Waals surface area (Å²) in [5.41, 5.74) is 0.795. The van der Waals surface area contributed by atoms with Crippen molar-refractivity contribution < 1.29 is 23.8 Å². The van der Waals surface area contributed by atoms with Crippen LogP contribution in [-0.2, 0) is 9.53 Å². The molecule has 0 bridgehead atoms. The quantitative estimate of drug-likeness (QED) is 0.890. The molecule has 0 spiro atoms. The van der Waals surface area contributed by atoms with Crippen molar-refractivity contribution in [3.8, 4) is 0 Å². The fourth-order valence-electron chi connectivity index (χ4n) is 2.22. The van der Waals surface area contributed by atoms with E-state index in [1.54, 1.807) is 11.8 Å². The number of ether oxygens (including phenoxy) is 1. The Labute approximate surface area is 110 Å². The number of rotatable bonds is 3. The summed E-state index contributed by atoms with van der Waals surface area (Å²) in [6.07, 6.45) is -0.550. The van der Waals surface area contributed by atoms with Crippen LogP contribution in [-0.4, -0.2) is 47.7 Å². The van der Waals surface area contributed by atoms with Crippen molar-refractivity contribution in [2.24, 2.45) is 0 Å². The van der Waals surface area contributed by atoms with E-state index in [0.29, 0.717) is 24.7 Å². The molecule has 2 heterocycles. The molecule has 1 aliphatic rings. The average molecular weight is 267 g/mol. The lowest BCUT2D eigenvalue weighted by molar-refractivity contribution is -0.141. The zero-order valence-corrected chi connectivity index (χ0v) is 11.0. The predicted molar refractivity (Wildman–Crippen MR) is 66.1 cm³/mol. The summed E-state index contributed by atoms with van der Waals surface area (Å²) in [7, 11) is 0. The second kappa shape index (κ2) is 5.44. The number of carboxylic acids is 1. The van der Waals surface area contributed by atoms with Crippen LogP contribution in [0.2, 0.25) is 0 Å². The highest BCUT2D eigenvalue weighted by molar-refractivity contribution is 5.93. The Bertz CT molecular complexity index is 493. The number of furan rings is 1. The van der Waals surface area contributed by atoms with Crippen molar-refractivity contribution in [3.63, 3.8) is 0 Å². The van der Waals surface area contributed by atoms with Crippen LogP contribution in [0, 0.1) is 13.8 Å². The molecule has 0 radical (unpaired) electrons. The summed E-state index contributed by atoms with van der Waals surface area (Å²) in [5, 5.41) is 8.75. The number of carboxylic acid groups (broad SMARTS) is 1. The van der Waals surface area contributed by atoms with Crippen molar-refractivity contribution in [3.05, 3.63) is 23.2 Å². The van der Waals surface area contributed by atoms with Gasteiger partial charge in [0.15, 0.2) is 5.76 Å². The first-order valence-corrected chi connectivity index (χ1v) is 6.17. The maximum absolute atomic E-state index is 12.3. The lowest BCUT2D eigenvalue weighted by Crippen LogP contribution is -2.46. The molecule has 1 saturated heterocycles. The van der Waals surface area contributed by atoms with E-state index in [0.717, 1.165) is 5.56 Å². The van der Waals surface area contributed by atoms with E-state index in [2.05, 4.69) is 0 Å². The van der Waals surface area contributed by atoms with Gasteiger partial charge in [0.05, 0.1) is 19.1 Å². The Morgan fingerprint density at radius 3 is 2.79 bits per heavy atom. The molecule has 1 aromatic rings. The van der Waals surface area contributed by atoms with E-state index in [1.165, 1.54) is 0 Å². The van der Waals surface area contributed by atoms with Gasteiger partial charge in [-0.25, -0.2) is 0 Å². The number of carbonyl (C=O) groups excluding carboxylic acids is 1. The van der Waals surface area contributed by atoms with E-state index < -0.39 is 12.1 Å². The molecule has 1 N–H and O–H groups in total. The number of hydrogen-bond donors (Lipinski definition) is 1. The molecule has 0 aromatic carbocycles. The molecular weight excluding hydrogens is 250 g/mol. The minimum Gasteiger partial charge on any atom is -0.481 e. The Kier molecular flexibility index (Phi) is 3.90. The van der Waals surface area contributed by atoms with Gasteiger partial charge in [0.1, 0.15) is 5.76 Å². The van der Waals surface area contributed by atoms with Gasteiger partial charge in [-0.1, -0.05) is 0 Å². The molecule has 6 heteroatoms. The minimum atomic E-state index is -0.927. The van der Waals surface area contributed by atoms with Crippen LogP contribution in [0.1, 0.15) is 28.3 Å². The number of amides is 1. The maximum Gasteiger partial charge on any atom is 0.306 e. The minimum absolute atomic E-state index is 0.0973. The first kappa shape index (κ1) is 13.6. The molecular formula is C13H17NO5. The van der Waals surface area contributed by atoms with Crippen LogP contribution < -0.4 is 0 Å². The predicted octanol–water partition coefficient (Wildman–Crippen LogP) is 1.21. The lowest BCUT2D eigenvalue weighted by atomic mass is 10.2. The van der Waals surface area contributed by atoms with Crippen LogP contribution in [0.25, 0.3) is 0 Å². The van der Waals surface area contributed by atoms with Crippen molar-refractivity contribution in [2.45, 2.75) is 26.4 Å². The van der Waals surface area contributed by atoms with Crippen LogP contribution in [0.15, 0.2) is 10.5 Å². The van der Waals surface area contributed by atoms with Gasteiger partial charge in [-0.3, -0.25) is 9.59 Å². The second-order valence-corrected chi connectivity index (χ2v) is 4.71. The number of hydrogen-bond acceptors (Lipinski definition) is 4. The molecule has 1 amide bonds. The summed E-state index contributed by atoms with van der Waals surface area (Å²) in [5.74, 6) is -0.113. The van der Waals surface area contributed by atoms with Crippen LogP contribution in [0.5, 0.6) is 0 Å². The van der Waals surface area contributed by atoms with E-state index >= 15 is 0 Å². The van der Waals surface area contributed by atoms with Crippen molar-refractivity contribution in [2.75, 3.05) is 19.7 Å². The smallest absolute Gasteiger partial charge is 0.306 e. The fraction of sp³-hybridized carbons (Fsp3) is 0.538. The lowest BCUT2D eigenvalue weighted by Gasteiger charge is -2.31. The Morgan fingerprint density at radius 1 is 1.47 bits per heavy atom. The Morgan fingerprint density at radius 2 is 2.21 bits per heavy atom. The van der Waals surface area contributed by atoms with Gasteiger partial charge in [0.2, 0.25) is 0 Å². The summed E-state index contributed by atoms with van der Waals surface area (Å²) in [6.45, 7) is 4.69. The third kappa shape index (κ3) is 3.14. The van der Waals surface area contributed by atoms with E-state index in [4.69, 9.17) is 14.3 Å². The molecule has 0 unspecified atom stereocenters. The van der Waals surface area contributed by atoms with Gasteiger partial charge in [-0.15, -0.1) is 0 Å². The number of aliphatic carboxylic acids is 1. The van der Waals surface area contributed by atoms with Crippen molar-refractivity contribution >= 4 is 11.9 Å². The number of morpholine rings is 1. The summed E-state index contributed by atoms with van der Waals surface area (Å²) in [4.78, 5) is 24.5. The van der Waals surface area contributed by atoms with Gasteiger partial charge in [-0.05, 0) is 19.9 Å². The highest BCUT2D eigenvalue weighted by Crippen LogP contribution is 2.18. The van der Waals surface area contributed by atoms with Crippen molar-refractivity contribution in [1.29, 1.82) is 0 Å². The third-order valence-corrected chi connectivity index (χ3v) is 3.06. The highest BCUT2D eigenvalue weighted by Gasteiger charge is 2.28. The Balaban J connectivity index is 2.07. The standard InChI is InChI=1S/C13H17NO5/c1-8-5-9(2)19-12(8)13(17)14-3-4-18-10(7-14)6-11(15)16/h5,10H,3-4,6-7H2,1-2H3,(H,15,16)/t10-/m1/s1. The molecule has 2 rings (SSSR count). The van der Waals surface area contributed by atoms with Gasteiger partial charge < -0.3 is 19.2 Å². The molecule has 6 nitrogen and oxygen atoms in total. The number of aryl methyl sites for hydroxylation is 2. The van der Waals surface area contributed by atoms with Crippen molar-refractivity contribution in [1.82, 2.24) is 4.90 Å².